The number of benzene rings is 2. The van der Waals surface area contributed by atoms with Gasteiger partial charge in [-0.3, -0.25) is 0 Å². The molecule has 0 unspecified atom stereocenters. The van der Waals surface area contributed by atoms with Crippen LogP contribution in [0.25, 0.3) is 0 Å². The topological polar surface area (TPSA) is 45.5 Å². The Kier molecular flexibility index (Phi) is 9.11. The molecule has 3 aromatic rings. The van der Waals surface area contributed by atoms with Gasteiger partial charge in [0.15, 0.2) is 5.96 Å². The van der Waals surface area contributed by atoms with Crippen LogP contribution in [-0.2, 0) is 19.6 Å². The minimum absolute atomic E-state index is 0. The summed E-state index contributed by atoms with van der Waals surface area (Å²) in [6.45, 7) is 4.59. The molecule has 0 saturated heterocycles. The Morgan fingerprint density at radius 3 is 2.62 bits per heavy atom. The molecule has 0 fully saturated rings. The molecule has 29 heavy (non-hydrogen) atoms. The van der Waals surface area contributed by atoms with E-state index in [-0.39, 0.29) is 29.8 Å². The second-order valence-electron chi connectivity index (χ2n) is 6.61. The van der Waals surface area contributed by atoms with Gasteiger partial charge >= 0.3 is 0 Å². The van der Waals surface area contributed by atoms with Crippen LogP contribution < -0.4 is 5.32 Å². The van der Waals surface area contributed by atoms with Crippen molar-refractivity contribution in [1.29, 1.82) is 0 Å². The van der Waals surface area contributed by atoms with Crippen LogP contribution in [0.15, 0.2) is 72.0 Å². The maximum absolute atomic E-state index is 13.4. The number of halogens is 2. The van der Waals surface area contributed by atoms with Gasteiger partial charge in [0.2, 0.25) is 0 Å². The zero-order valence-corrected chi connectivity index (χ0v) is 19.1. The van der Waals surface area contributed by atoms with Crippen LogP contribution in [0, 0.1) is 5.82 Å². The van der Waals surface area contributed by atoms with Crippen molar-refractivity contribution < 1.29 is 4.39 Å². The first-order chi connectivity index (χ1) is 13.7. The van der Waals surface area contributed by atoms with Crippen molar-refractivity contribution in [2.75, 3.05) is 13.6 Å². The van der Waals surface area contributed by atoms with Crippen molar-refractivity contribution in [1.82, 2.24) is 19.8 Å². The summed E-state index contributed by atoms with van der Waals surface area (Å²) in [5.41, 5.74) is 2.12. The standard InChI is InChI=1S/C22H26FN5.HI/c1-3-24-22(27(2)16-19-10-7-11-20(23)14-19)26-15-21-25-12-13-28(21)17-18-8-5-4-6-9-18;/h4-14H,3,15-17H2,1-2H3,(H,24,26);1H. The van der Waals surface area contributed by atoms with Gasteiger partial charge in [-0.1, -0.05) is 42.5 Å². The predicted octanol–water partition coefficient (Wildman–Crippen LogP) is 4.29. The van der Waals surface area contributed by atoms with Crippen LogP contribution >= 0.6 is 24.0 Å². The summed E-state index contributed by atoms with van der Waals surface area (Å²) in [5.74, 6) is 1.44. The normalized spacial score (nSPS) is 11.1. The molecule has 0 bridgehead atoms. The fourth-order valence-electron chi connectivity index (χ4n) is 3.02. The van der Waals surface area contributed by atoms with E-state index in [9.17, 15) is 4.39 Å². The highest BCUT2D eigenvalue weighted by molar-refractivity contribution is 14.0. The van der Waals surface area contributed by atoms with Crippen LogP contribution in [0.5, 0.6) is 0 Å². The Balaban J connectivity index is 0.00000300. The van der Waals surface area contributed by atoms with Crippen molar-refractivity contribution >= 4 is 29.9 Å². The molecule has 0 saturated carbocycles. The van der Waals surface area contributed by atoms with Crippen molar-refractivity contribution in [2.45, 2.75) is 26.6 Å². The van der Waals surface area contributed by atoms with Crippen molar-refractivity contribution in [3.63, 3.8) is 0 Å². The molecule has 3 rings (SSSR count). The third-order valence-corrected chi connectivity index (χ3v) is 4.37. The van der Waals surface area contributed by atoms with E-state index in [1.54, 1.807) is 18.3 Å². The summed E-state index contributed by atoms with van der Waals surface area (Å²) in [6, 6.07) is 16.9. The summed E-state index contributed by atoms with van der Waals surface area (Å²) in [6.07, 6.45) is 3.78. The first-order valence-electron chi connectivity index (χ1n) is 9.43. The van der Waals surface area contributed by atoms with Gasteiger partial charge in [-0.25, -0.2) is 14.4 Å². The first-order valence-corrected chi connectivity index (χ1v) is 9.43. The highest BCUT2D eigenvalue weighted by Gasteiger charge is 2.09. The van der Waals surface area contributed by atoms with Gasteiger partial charge < -0.3 is 14.8 Å². The van der Waals surface area contributed by atoms with Crippen LogP contribution in [0.3, 0.4) is 0 Å². The Morgan fingerprint density at radius 2 is 1.90 bits per heavy atom. The van der Waals surface area contributed by atoms with E-state index in [2.05, 4.69) is 27.0 Å². The summed E-state index contributed by atoms with van der Waals surface area (Å²) >= 11 is 0. The highest BCUT2D eigenvalue weighted by atomic mass is 127. The monoisotopic (exact) mass is 507 g/mol. The predicted molar refractivity (Wildman–Crippen MR) is 126 cm³/mol. The fraction of sp³-hybridized carbons (Fsp3) is 0.273. The Hall–Kier alpha value is -2.42. The molecular weight excluding hydrogens is 480 g/mol. The van der Waals surface area contributed by atoms with E-state index in [1.165, 1.54) is 11.6 Å². The molecule has 0 aliphatic heterocycles. The smallest absolute Gasteiger partial charge is 0.194 e. The van der Waals surface area contributed by atoms with E-state index in [0.29, 0.717) is 13.1 Å². The zero-order chi connectivity index (χ0) is 19.8. The van der Waals surface area contributed by atoms with Gasteiger partial charge in [-0.15, -0.1) is 24.0 Å². The number of rotatable bonds is 7. The molecule has 0 aliphatic rings. The van der Waals surface area contributed by atoms with Gasteiger partial charge in [0.05, 0.1) is 0 Å². The number of hydrogen-bond donors (Lipinski definition) is 1. The Labute approximate surface area is 188 Å². The molecule has 0 radical (unpaired) electrons. The number of aromatic nitrogens is 2. The molecule has 2 aromatic carbocycles. The molecule has 0 atom stereocenters. The lowest BCUT2D eigenvalue weighted by molar-refractivity contribution is 0.474. The maximum Gasteiger partial charge on any atom is 0.194 e. The number of aliphatic imine (C=N–C) groups is 1. The molecule has 1 heterocycles. The lowest BCUT2D eigenvalue weighted by Gasteiger charge is -2.22. The first kappa shape index (κ1) is 22.9. The van der Waals surface area contributed by atoms with Gasteiger partial charge in [-0.05, 0) is 30.2 Å². The van der Waals surface area contributed by atoms with Gasteiger partial charge in [0.25, 0.3) is 0 Å². The third kappa shape index (κ3) is 6.85. The number of hydrogen-bond acceptors (Lipinski definition) is 2. The lowest BCUT2D eigenvalue weighted by atomic mass is 10.2. The average Bonchev–Trinajstić information content (AvgIpc) is 3.13. The number of nitrogens with zero attached hydrogens (tertiary/aromatic N) is 4. The van der Waals surface area contributed by atoms with Crippen molar-refractivity contribution in [2.24, 2.45) is 4.99 Å². The summed E-state index contributed by atoms with van der Waals surface area (Å²) in [5, 5.41) is 3.29. The van der Waals surface area contributed by atoms with Gasteiger partial charge in [0.1, 0.15) is 18.2 Å². The molecule has 0 spiro atoms. The molecule has 0 amide bonds. The second-order valence-corrected chi connectivity index (χ2v) is 6.61. The molecule has 154 valence electrons. The SMILES string of the molecule is CCNC(=NCc1nccn1Cc1ccccc1)N(C)Cc1cccc(F)c1.I. The van der Waals surface area contributed by atoms with E-state index in [1.807, 2.05) is 49.3 Å². The van der Waals surface area contributed by atoms with E-state index < -0.39 is 0 Å². The minimum Gasteiger partial charge on any atom is -0.357 e. The fourth-order valence-corrected chi connectivity index (χ4v) is 3.02. The molecule has 1 aromatic heterocycles. The summed E-state index contributed by atoms with van der Waals surface area (Å²) in [4.78, 5) is 11.2. The highest BCUT2D eigenvalue weighted by Crippen LogP contribution is 2.09. The number of imidazole rings is 1. The molecule has 0 aliphatic carbocycles. The number of guanidine groups is 1. The summed E-state index contributed by atoms with van der Waals surface area (Å²) < 4.78 is 15.6. The quantitative estimate of drug-likeness (QED) is 0.295. The lowest BCUT2D eigenvalue weighted by Crippen LogP contribution is -2.38. The second kappa shape index (κ2) is 11.5. The van der Waals surface area contributed by atoms with Crippen LogP contribution in [0.4, 0.5) is 4.39 Å². The van der Waals surface area contributed by atoms with Gasteiger partial charge in [0, 0.05) is 39.1 Å². The third-order valence-electron chi connectivity index (χ3n) is 4.37. The molecular formula is C22H27FIN5. The Morgan fingerprint density at radius 1 is 1.14 bits per heavy atom. The maximum atomic E-state index is 13.4. The van der Waals surface area contributed by atoms with Crippen LogP contribution in [0.1, 0.15) is 23.9 Å². The zero-order valence-electron chi connectivity index (χ0n) is 16.8. The minimum atomic E-state index is -0.226. The average molecular weight is 507 g/mol. The van der Waals surface area contributed by atoms with Crippen LogP contribution in [0.2, 0.25) is 0 Å². The molecule has 1 N–H and O–H groups in total. The van der Waals surface area contributed by atoms with E-state index >= 15 is 0 Å². The van der Waals surface area contributed by atoms with E-state index in [4.69, 9.17) is 4.99 Å². The largest absolute Gasteiger partial charge is 0.357 e. The summed E-state index contributed by atoms with van der Waals surface area (Å²) in [7, 11) is 1.95. The van der Waals surface area contributed by atoms with Crippen molar-refractivity contribution in [3.05, 3.63) is 89.8 Å². The van der Waals surface area contributed by atoms with Crippen molar-refractivity contribution in [3.8, 4) is 0 Å². The Bertz CT molecular complexity index is 910. The molecule has 7 heteroatoms. The molecule has 5 nitrogen and oxygen atoms in total. The number of nitrogens with one attached hydrogen (secondary N) is 1. The van der Waals surface area contributed by atoms with E-state index in [0.717, 1.165) is 30.4 Å². The van der Waals surface area contributed by atoms with Gasteiger partial charge in [-0.2, -0.15) is 0 Å². The van der Waals surface area contributed by atoms with Crippen LogP contribution in [-0.4, -0.2) is 34.0 Å².